The van der Waals surface area contributed by atoms with E-state index in [4.69, 9.17) is 10.3 Å². The minimum Gasteiger partial charge on any atom is -0.387 e. The van der Waals surface area contributed by atoms with E-state index < -0.39 is 47.3 Å². The number of rotatable bonds is 3. The van der Waals surface area contributed by atoms with Crippen LogP contribution in [0.5, 0.6) is 0 Å². The molecule has 0 bridgehead atoms. The topological polar surface area (TPSA) is 180 Å². The molecule has 0 aromatic carbocycles. The fourth-order valence-corrected chi connectivity index (χ4v) is 1.63. The summed E-state index contributed by atoms with van der Waals surface area (Å²) in [4.78, 5) is 0. The van der Waals surface area contributed by atoms with Gasteiger partial charge in [-0.3, -0.25) is 10.3 Å². The van der Waals surface area contributed by atoms with Crippen LogP contribution in [-0.2, 0) is 19.3 Å². The van der Waals surface area contributed by atoms with Gasteiger partial charge in [0.25, 0.3) is 5.91 Å². The molecule has 10 nitrogen and oxygen atoms in total. The zero-order chi connectivity index (χ0) is 13.4. The zero-order valence-electron chi connectivity index (χ0n) is 8.37. The molecule has 7 N–H and O–H groups in total. The van der Waals surface area contributed by atoms with Gasteiger partial charge < -0.3 is 25.2 Å². The van der Waals surface area contributed by atoms with E-state index in [0.717, 1.165) is 0 Å². The lowest BCUT2D eigenvalue weighted by atomic mass is 9.97. The molecule has 0 spiro atoms. The highest BCUT2D eigenvalue weighted by atomic mass is 32.3. The first kappa shape index (κ1) is 14.7. The fraction of sp³-hybridized carbons (Fsp3) is 1.00. The Balaban J connectivity index is 2.73. The largest absolute Gasteiger partial charge is 0.397 e. The van der Waals surface area contributed by atoms with Crippen molar-refractivity contribution in [2.24, 2.45) is 5.73 Å². The van der Waals surface area contributed by atoms with Crippen LogP contribution in [0.25, 0.3) is 0 Å². The zero-order valence-corrected chi connectivity index (χ0v) is 9.19. The molecule has 1 aliphatic heterocycles. The Labute approximate surface area is 96.1 Å². The highest BCUT2D eigenvalue weighted by molar-refractivity contribution is 7.80. The summed E-state index contributed by atoms with van der Waals surface area (Å²) in [7, 11) is -4.77. The van der Waals surface area contributed by atoms with Crippen molar-refractivity contribution in [2.45, 2.75) is 30.3 Å². The molecule has 1 rings (SSSR count). The quantitative estimate of drug-likeness (QED) is 0.219. The standard InChI is InChI=1S/C6H13NO9S/c7-6(11)5(10)4(9)3(8)2(16-6)1-15-17(12,13)14/h2-5,8-11H,1,7H2,(H,12,13,14)/t2-,3-,4+,5-,6-/m1/s1. The molecule has 0 aromatic heterocycles. The summed E-state index contributed by atoms with van der Waals surface area (Å²) in [6.45, 7) is -0.900. The minimum atomic E-state index is -4.77. The predicted octanol–water partition coefficient (Wildman–Crippen LogP) is -4.11. The van der Waals surface area contributed by atoms with Gasteiger partial charge in [0.2, 0.25) is 0 Å². The average molecular weight is 275 g/mol. The van der Waals surface area contributed by atoms with E-state index in [9.17, 15) is 28.8 Å². The fourth-order valence-electron chi connectivity index (χ4n) is 1.32. The lowest BCUT2D eigenvalue weighted by Gasteiger charge is -2.43. The van der Waals surface area contributed by atoms with Crippen LogP contribution in [0.4, 0.5) is 0 Å². The van der Waals surface area contributed by atoms with Gasteiger partial charge in [-0.05, 0) is 0 Å². The summed E-state index contributed by atoms with van der Waals surface area (Å²) in [5.74, 6) is -2.67. The third-order valence-corrected chi connectivity index (χ3v) is 2.63. The van der Waals surface area contributed by atoms with Crippen LogP contribution >= 0.6 is 0 Å². The molecule has 1 heterocycles. The number of hydrogen-bond acceptors (Lipinski definition) is 9. The van der Waals surface area contributed by atoms with Gasteiger partial charge in [0.15, 0.2) is 6.10 Å². The van der Waals surface area contributed by atoms with Crippen LogP contribution in [0.3, 0.4) is 0 Å². The maximum absolute atomic E-state index is 10.3. The maximum atomic E-state index is 10.3. The molecular weight excluding hydrogens is 262 g/mol. The van der Waals surface area contributed by atoms with E-state index in [1.165, 1.54) is 0 Å². The Kier molecular flexibility index (Phi) is 4.08. The Morgan fingerprint density at radius 3 is 2.29 bits per heavy atom. The van der Waals surface area contributed by atoms with Crippen LogP contribution < -0.4 is 5.73 Å². The van der Waals surface area contributed by atoms with Gasteiger partial charge in [0.1, 0.15) is 18.3 Å². The monoisotopic (exact) mass is 275 g/mol. The highest BCUT2D eigenvalue weighted by Crippen LogP contribution is 2.24. The van der Waals surface area contributed by atoms with Gasteiger partial charge in [-0.15, -0.1) is 0 Å². The number of aliphatic hydroxyl groups is 4. The lowest BCUT2D eigenvalue weighted by molar-refractivity contribution is -0.345. The van der Waals surface area contributed by atoms with E-state index in [2.05, 4.69) is 8.92 Å². The molecule has 0 aliphatic carbocycles. The van der Waals surface area contributed by atoms with E-state index >= 15 is 0 Å². The van der Waals surface area contributed by atoms with Crippen molar-refractivity contribution in [3.05, 3.63) is 0 Å². The van der Waals surface area contributed by atoms with Crippen molar-refractivity contribution in [3.8, 4) is 0 Å². The molecule has 5 atom stereocenters. The van der Waals surface area contributed by atoms with E-state index in [1.54, 1.807) is 0 Å². The van der Waals surface area contributed by atoms with Crippen molar-refractivity contribution in [2.75, 3.05) is 6.61 Å². The molecule has 1 aliphatic rings. The van der Waals surface area contributed by atoms with Gasteiger partial charge in [-0.2, -0.15) is 8.42 Å². The summed E-state index contributed by atoms with van der Waals surface area (Å²) in [6, 6.07) is 0. The van der Waals surface area contributed by atoms with Crippen molar-refractivity contribution in [1.29, 1.82) is 0 Å². The second kappa shape index (κ2) is 4.72. The number of hydrogen-bond donors (Lipinski definition) is 6. The first-order valence-electron chi connectivity index (χ1n) is 4.39. The summed E-state index contributed by atoms with van der Waals surface area (Å²) >= 11 is 0. The van der Waals surface area contributed by atoms with E-state index in [1.807, 2.05) is 0 Å². The molecule has 0 saturated carbocycles. The molecule has 0 aromatic rings. The molecule has 1 saturated heterocycles. The Morgan fingerprint density at radius 1 is 1.29 bits per heavy atom. The molecule has 0 radical (unpaired) electrons. The van der Waals surface area contributed by atoms with Gasteiger partial charge in [-0.25, -0.2) is 4.18 Å². The molecule has 0 amide bonds. The Hall–Kier alpha value is -0.370. The SMILES string of the molecule is N[C@]1(O)O[C@H](COS(=O)(=O)O)[C@@H](O)[C@H](O)[C@H]1O. The summed E-state index contributed by atoms with van der Waals surface area (Å²) in [5, 5.41) is 37.2. The van der Waals surface area contributed by atoms with Gasteiger partial charge >= 0.3 is 10.4 Å². The molecule has 102 valence electrons. The third-order valence-electron chi connectivity index (χ3n) is 2.20. The van der Waals surface area contributed by atoms with Crippen LogP contribution in [0.2, 0.25) is 0 Å². The van der Waals surface area contributed by atoms with E-state index in [-0.39, 0.29) is 0 Å². The number of aliphatic hydroxyl groups excluding tert-OH is 3. The second-order valence-corrected chi connectivity index (χ2v) is 4.64. The smallest absolute Gasteiger partial charge is 0.387 e. The molecular formula is C6H13NO9S. The summed E-state index contributed by atoms with van der Waals surface area (Å²) in [6.07, 6.45) is -7.16. The van der Waals surface area contributed by atoms with Crippen LogP contribution in [0.15, 0.2) is 0 Å². The van der Waals surface area contributed by atoms with Crippen molar-refractivity contribution >= 4 is 10.4 Å². The van der Waals surface area contributed by atoms with Crippen molar-refractivity contribution in [3.63, 3.8) is 0 Å². The van der Waals surface area contributed by atoms with Crippen LogP contribution in [0.1, 0.15) is 0 Å². The average Bonchev–Trinajstić information content (AvgIpc) is 2.17. The van der Waals surface area contributed by atoms with Crippen molar-refractivity contribution < 1.29 is 42.3 Å². The highest BCUT2D eigenvalue weighted by Gasteiger charge is 2.51. The lowest BCUT2D eigenvalue weighted by Crippen LogP contribution is -2.69. The minimum absolute atomic E-state index is 0.900. The first-order valence-corrected chi connectivity index (χ1v) is 5.76. The second-order valence-electron chi connectivity index (χ2n) is 3.55. The Bertz CT molecular complexity index is 368. The summed E-state index contributed by atoms with van der Waals surface area (Å²) < 4.78 is 37.3. The first-order chi connectivity index (χ1) is 7.54. The van der Waals surface area contributed by atoms with Gasteiger partial charge in [-0.1, -0.05) is 0 Å². The van der Waals surface area contributed by atoms with Crippen molar-refractivity contribution in [1.82, 2.24) is 0 Å². The van der Waals surface area contributed by atoms with Gasteiger partial charge in [0.05, 0.1) is 6.61 Å². The predicted molar refractivity (Wildman–Crippen MR) is 49.5 cm³/mol. The van der Waals surface area contributed by atoms with Crippen LogP contribution in [0, 0.1) is 0 Å². The maximum Gasteiger partial charge on any atom is 0.397 e. The molecule has 11 heteroatoms. The Morgan fingerprint density at radius 2 is 1.82 bits per heavy atom. The molecule has 17 heavy (non-hydrogen) atoms. The normalized spacial score (nSPS) is 43.6. The number of ether oxygens (including phenoxy) is 1. The molecule has 1 fully saturated rings. The molecule has 0 unspecified atom stereocenters. The summed E-state index contributed by atoms with van der Waals surface area (Å²) in [5.41, 5.74) is 5.05. The van der Waals surface area contributed by atoms with Gasteiger partial charge in [0, 0.05) is 0 Å². The van der Waals surface area contributed by atoms with Crippen LogP contribution in [-0.4, -0.2) is 70.3 Å². The number of nitrogens with two attached hydrogens (primary N) is 1. The third kappa shape index (κ3) is 3.54. The van der Waals surface area contributed by atoms with E-state index in [0.29, 0.717) is 0 Å².